The summed E-state index contributed by atoms with van der Waals surface area (Å²) < 4.78 is 0. The van der Waals surface area contributed by atoms with Gasteiger partial charge in [-0.1, -0.05) is 13.8 Å². The second-order valence-corrected chi connectivity index (χ2v) is 4.93. The van der Waals surface area contributed by atoms with Crippen LogP contribution in [0.1, 0.15) is 25.3 Å². The van der Waals surface area contributed by atoms with Crippen LogP contribution in [0.25, 0.3) is 0 Å². The second kappa shape index (κ2) is 3.84. The predicted octanol–water partition coefficient (Wildman–Crippen LogP) is 0.621. The zero-order chi connectivity index (χ0) is 12.6. The van der Waals surface area contributed by atoms with Crippen molar-refractivity contribution in [2.24, 2.45) is 27.8 Å². The molecule has 5 nitrogen and oxygen atoms in total. The quantitative estimate of drug-likeness (QED) is 0.577. The molecule has 0 aromatic carbocycles. The number of hydrogen-bond acceptors (Lipinski definition) is 2. The van der Waals surface area contributed by atoms with Gasteiger partial charge in [-0.2, -0.15) is 4.99 Å². The average molecular weight is 232 g/mol. The number of pyridine rings is 1. The topological polar surface area (TPSA) is 94.4 Å². The lowest BCUT2D eigenvalue weighted by atomic mass is 10.0. The van der Waals surface area contributed by atoms with Gasteiger partial charge in [0.05, 0.1) is 5.92 Å². The molecule has 0 radical (unpaired) electrons. The third-order valence-corrected chi connectivity index (χ3v) is 3.40. The number of aromatic nitrogens is 1. The van der Waals surface area contributed by atoms with E-state index in [1.807, 2.05) is 26.0 Å². The molecule has 1 heterocycles. The standard InChI is InChI=1S/C12H16N4O/c1-12(2)8(7-3-5-15-6-4-7)9(12)10(17)16-11(13)14/h3-6,8-9H,1-2H3,(H4,13,14,16,17)/t8?,9-/m0/s1. The average Bonchev–Trinajstić information content (AvgIpc) is 2.82. The van der Waals surface area contributed by atoms with Gasteiger partial charge in [-0.15, -0.1) is 0 Å². The van der Waals surface area contributed by atoms with E-state index in [9.17, 15) is 4.79 Å². The number of aliphatic imine (C=N–C) groups is 1. The first-order chi connectivity index (χ1) is 7.94. The molecular weight excluding hydrogens is 216 g/mol. The molecule has 1 aliphatic carbocycles. The van der Waals surface area contributed by atoms with E-state index in [4.69, 9.17) is 11.5 Å². The third-order valence-electron chi connectivity index (χ3n) is 3.40. The number of carbonyl (C=O) groups is 1. The van der Waals surface area contributed by atoms with Gasteiger partial charge in [0.1, 0.15) is 0 Å². The van der Waals surface area contributed by atoms with E-state index >= 15 is 0 Å². The summed E-state index contributed by atoms with van der Waals surface area (Å²) in [7, 11) is 0. The molecule has 1 aliphatic rings. The highest BCUT2D eigenvalue weighted by atomic mass is 16.1. The van der Waals surface area contributed by atoms with Crippen LogP contribution >= 0.6 is 0 Å². The lowest BCUT2D eigenvalue weighted by Gasteiger charge is -2.00. The Labute approximate surface area is 99.9 Å². The maximum atomic E-state index is 11.9. The summed E-state index contributed by atoms with van der Waals surface area (Å²) in [5.41, 5.74) is 11.5. The summed E-state index contributed by atoms with van der Waals surface area (Å²) in [4.78, 5) is 19.4. The van der Waals surface area contributed by atoms with E-state index < -0.39 is 0 Å². The summed E-state index contributed by atoms with van der Waals surface area (Å²) in [6.07, 6.45) is 3.46. The Morgan fingerprint density at radius 2 is 1.94 bits per heavy atom. The Morgan fingerprint density at radius 3 is 2.47 bits per heavy atom. The zero-order valence-corrected chi connectivity index (χ0v) is 9.92. The molecule has 17 heavy (non-hydrogen) atoms. The molecule has 1 amide bonds. The molecule has 2 atom stereocenters. The minimum atomic E-state index is -0.239. The van der Waals surface area contributed by atoms with Gasteiger partial charge in [-0.25, -0.2) is 0 Å². The molecule has 2 rings (SSSR count). The largest absolute Gasteiger partial charge is 0.370 e. The molecule has 1 saturated carbocycles. The van der Waals surface area contributed by atoms with Crippen LogP contribution in [0, 0.1) is 11.3 Å². The molecule has 1 unspecified atom stereocenters. The highest BCUT2D eigenvalue weighted by molar-refractivity contribution is 5.95. The van der Waals surface area contributed by atoms with E-state index in [1.165, 1.54) is 0 Å². The molecule has 0 spiro atoms. The zero-order valence-electron chi connectivity index (χ0n) is 9.92. The van der Waals surface area contributed by atoms with Crippen LogP contribution in [-0.2, 0) is 4.79 Å². The molecule has 0 bridgehead atoms. The Morgan fingerprint density at radius 1 is 1.35 bits per heavy atom. The van der Waals surface area contributed by atoms with E-state index in [1.54, 1.807) is 12.4 Å². The number of nitrogens with two attached hydrogens (primary N) is 2. The second-order valence-electron chi connectivity index (χ2n) is 4.93. The van der Waals surface area contributed by atoms with Crippen molar-refractivity contribution in [3.8, 4) is 0 Å². The van der Waals surface area contributed by atoms with Crippen LogP contribution < -0.4 is 11.5 Å². The smallest absolute Gasteiger partial charge is 0.253 e. The van der Waals surface area contributed by atoms with Crippen molar-refractivity contribution in [2.75, 3.05) is 0 Å². The lowest BCUT2D eigenvalue weighted by molar-refractivity contribution is -0.119. The first-order valence-corrected chi connectivity index (χ1v) is 5.48. The fourth-order valence-electron chi connectivity index (χ4n) is 2.49. The number of carbonyl (C=O) groups excluding carboxylic acids is 1. The molecule has 4 N–H and O–H groups in total. The van der Waals surface area contributed by atoms with Crippen molar-refractivity contribution in [3.05, 3.63) is 30.1 Å². The monoisotopic (exact) mass is 232 g/mol. The lowest BCUT2D eigenvalue weighted by Crippen LogP contribution is -2.25. The van der Waals surface area contributed by atoms with Crippen molar-refractivity contribution in [1.82, 2.24) is 4.98 Å². The van der Waals surface area contributed by atoms with Crippen LogP contribution in [0.3, 0.4) is 0 Å². The summed E-state index contributed by atoms with van der Waals surface area (Å²) in [5, 5.41) is 0. The van der Waals surface area contributed by atoms with Gasteiger partial charge in [-0.3, -0.25) is 9.78 Å². The fraction of sp³-hybridized carbons (Fsp3) is 0.417. The van der Waals surface area contributed by atoms with E-state index in [0.29, 0.717) is 0 Å². The summed E-state index contributed by atoms with van der Waals surface area (Å²) in [6, 6.07) is 3.85. The summed E-state index contributed by atoms with van der Waals surface area (Å²) in [6.45, 7) is 4.09. The highest BCUT2D eigenvalue weighted by Gasteiger charge is 2.62. The number of nitrogens with zero attached hydrogens (tertiary/aromatic N) is 2. The highest BCUT2D eigenvalue weighted by Crippen LogP contribution is 2.64. The van der Waals surface area contributed by atoms with Gasteiger partial charge in [0.2, 0.25) is 0 Å². The van der Waals surface area contributed by atoms with Crippen molar-refractivity contribution < 1.29 is 4.79 Å². The predicted molar refractivity (Wildman–Crippen MR) is 65.1 cm³/mol. The van der Waals surface area contributed by atoms with Crippen molar-refractivity contribution in [2.45, 2.75) is 19.8 Å². The Balaban J connectivity index is 2.23. The minimum Gasteiger partial charge on any atom is -0.370 e. The SMILES string of the molecule is CC1(C)C(c2ccncc2)[C@H]1C(=O)N=C(N)N. The molecule has 0 aliphatic heterocycles. The van der Waals surface area contributed by atoms with Gasteiger partial charge >= 0.3 is 0 Å². The van der Waals surface area contributed by atoms with E-state index in [0.717, 1.165) is 5.56 Å². The molecule has 1 fully saturated rings. The molecule has 5 heteroatoms. The minimum absolute atomic E-state index is 0.0998. The van der Waals surface area contributed by atoms with Gasteiger partial charge in [0.15, 0.2) is 5.96 Å². The van der Waals surface area contributed by atoms with Gasteiger partial charge in [-0.05, 0) is 23.1 Å². The maximum absolute atomic E-state index is 11.9. The van der Waals surface area contributed by atoms with Crippen LogP contribution in [-0.4, -0.2) is 16.9 Å². The number of rotatable bonds is 2. The first kappa shape index (κ1) is 11.6. The molecule has 1 aromatic rings. The summed E-state index contributed by atoms with van der Waals surface area (Å²) in [5.74, 6) is -0.393. The third kappa shape index (κ3) is 2.00. The maximum Gasteiger partial charge on any atom is 0.253 e. The molecule has 90 valence electrons. The van der Waals surface area contributed by atoms with Gasteiger partial charge in [0, 0.05) is 18.3 Å². The Hall–Kier alpha value is -1.91. The van der Waals surface area contributed by atoms with Crippen molar-refractivity contribution >= 4 is 11.9 Å². The summed E-state index contributed by atoms with van der Waals surface area (Å²) >= 11 is 0. The number of guanidine groups is 1. The van der Waals surface area contributed by atoms with Gasteiger partial charge < -0.3 is 11.5 Å². The Bertz CT molecular complexity index is 463. The van der Waals surface area contributed by atoms with Crippen molar-refractivity contribution in [1.29, 1.82) is 0 Å². The van der Waals surface area contributed by atoms with E-state index in [2.05, 4.69) is 9.98 Å². The number of amides is 1. The fourth-order valence-corrected chi connectivity index (χ4v) is 2.49. The van der Waals surface area contributed by atoms with Crippen molar-refractivity contribution in [3.63, 3.8) is 0 Å². The van der Waals surface area contributed by atoms with Crippen LogP contribution in [0.5, 0.6) is 0 Å². The van der Waals surface area contributed by atoms with Gasteiger partial charge in [0.25, 0.3) is 5.91 Å². The molecule has 0 saturated heterocycles. The van der Waals surface area contributed by atoms with Crippen LogP contribution in [0.2, 0.25) is 0 Å². The van der Waals surface area contributed by atoms with Crippen LogP contribution in [0.15, 0.2) is 29.5 Å². The Kier molecular flexibility index (Phi) is 2.61. The van der Waals surface area contributed by atoms with Crippen LogP contribution in [0.4, 0.5) is 0 Å². The molecular formula is C12H16N4O. The van der Waals surface area contributed by atoms with E-state index in [-0.39, 0.29) is 29.1 Å². The first-order valence-electron chi connectivity index (χ1n) is 5.48. The molecule has 1 aromatic heterocycles. The number of hydrogen-bond donors (Lipinski definition) is 2. The normalized spacial score (nSPS) is 25.1.